The summed E-state index contributed by atoms with van der Waals surface area (Å²) in [5.41, 5.74) is 5.11. The molecule has 0 heterocycles. The normalized spacial score (nSPS) is 24.9. The van der Waals surface area contributed by atoms with E-state index in [4.69, 9.17) is 17.3 Å². The molecule has 14 heavy (non-hydrogen) atoms. The molecule has 0 fully saturated rings. The molecule has 0 aromatic carbocycles. The van der Waals surface area contributed by atoms with Crippen molar-refractivity contribution in [3.63, 3.8) is 0 Å². The van der Waals surface area contributed by atoms with Crippen molar-refractivity contribution in [1.29, 1.82) is 0 Å². The third-order valence-corrected chi connectivity index (χ3v) is 2.06. The van der Waals surface area contributed by atoms with Gasteiger partial charge in [-0.2, -0.15) is 0 Å². The Bertz CT molecular complexity index is 349. The summed E-state index contributed by atoms with van der Waals surface area (Å²) in [5.74, 6) is 0. The summed E-state index contributed by atoms with van der Waals surface area (Å²) in [7, 11) is 1.25. The van der Waals surface area contributed by atoms with Crippen LogP contribution in [0.1, 0.15) is 0 Å². The molecule has 1 rings (SSSR count). The fraction of sp³-hybridized carbons (Fsp3) is 0.250. The molecule has 0 saturated carbocycles. The lowest BCUT2D eigenvalue weighted by atomic mass is 10.0. The molecule has 76 valence electrons. The van der Waals surface area contributed by atoms with Crippen molar-refractivity contribution in [3.8, 4) is 0 Å². The van der Waals surface area contributed by atoms with E-state index in [-0.39, 0.29) is 22.0 Å². The van der Waals surface area contributed by atoms with Crippen LogP contribution < -0.4 is 5.73 Å². The van der Waals surface area contributed by atoms with Gasteiger partial charge in [-0.1, -0.05) is 16.8 Å². The molecule has 0 bridgehead atoms. The topological polar surface area (TPSA) is 64.7 Å². The third-order valence-electron chi connectivity index (χ3n) is 1.65. The Morgan fingerprint density at radius 1 is 1.79 bits per heavy atom. The molecular weight excluding hydrogens is 211 g/mol. The molecular formula is C8H8ClFN2O2. The van der Waals surface area contributed by atoms with Crippen LogP contribution in [0.2, 0.25) is 0 Å². The minimum atomic E-state index is -1.63. The molecule has 0 saturated heterocycles. The second-order valence-corrected chi connectivity index (χ2v) is 2.93. The molecule has 0 aromatic rings. The smallest absolute Gasteiger partial charge is 0.186 e. The van der Waals surface area contributed by atoms with Crippen molar-refractivity contribution >= 4 is 23.6 Å². The third kappa shape index (κ3) is 1.77. The zero-order valence-electron chi connectivity index (χ0n) is 7.33. The maximum Gasteiger partial charge on any atom is 0.186 e. The van der Waals surface area contributed by atoms with Crippen LogP contribution >= 0.6 is 11.6 Å². The van der Waals surface area contributed by atoms with Crippen molar-refractivity contribution in [2.24, 2.45) is 10.9 Å². The average Bonchev–Trinajstić information content (AvgIpc) is 2.18. The number of hydrogen-bond donors (Lipinski definition) is 1. The van der Waals surface area contributed by atoms with Crippen molar-refractivity contribution < 1.29 is 14.0 Å². The van der Waals surface area contributed by atoms with E-state index in [1.54, 1.807) is 0 Å². The van der Waals surface area contributed by atoms with Crippen LogP contribution in [0, 0.1) is 0 Å². The van der Waals surface area contributed by atoms with Crippen molar-refractivity contribution in [3.05, 3.63) is 22.4 Å². The SMILES string of the molecule is CON=C1C(Cl)=C(C=O)C=C(N)C1F. The van der Waals surface area contributed by atoms with E-state index in [9.17, 15) is 9.18 Å². The highest BCUT2D eigenvalue weighted by atomic mass is 35.5. The number of allylic oxidation sites excluding steroid dienone is 4. The molecule has 6 heteroatoms. The number of oxime groups is 1. The van der Waals surface area contributed by atoms with Crippen LogP contribution in [0.25, 0.3) is 0 Å². The fourth-order valence-corrected chi connectivity index (χ4v) is 1.23. The summed E-state index contributed by atoms with van der Waals surface area (Å²) >= 11 is 5.69. The number of halogens is 2. The molecule has 2 N–H and O–H groups in total. The molecule has 0 spiro atoms. The number of rotatable bonds is 2. The molecule has 0 amide bonds. The monoisotopic (exact) mass is 218 g/mol. The number of nitrogens with two attached hydrogens (primary N) is 1. The van der Waals surface area contributed by atoms with E-state index < -0.39 is 6.17 Å². The lowest BCUT2D eigenvalue weighted by Crippen LogP contribution is -2.28. The zero-order valence-corrected chi connectivity index (χ0v) is 8.08. The predicted molar refractivity (Wildman–Crippen MR) is 50.6 cm³/mol. The highest BCUT2D eigenvalue weighted by Gasteiger charge is 2.28. The quantitative estimate of drug-likeness (QED) is 0.553. The highest BCUT2D eigenvalue weighted by molar-refractivity contribution is 6.46. The van der Waals surface area contributed by atoms with Gasteiger partial charge >= 0.3 is 0 Å². The van der Waals surface area contributed by atoms with Gasteiger partial charge in [0.1, 0.15) is 12.8 Å². The van der Waals surface area contributed by atoms with Gasteiger partial charge in [0, 0.05) is 5.57 Å². The van der Waals surface area contributed by atoms with Gasteiger partial charge < -0.3 is 10.6 Å². The van der Waals surface area contributed by atoms with Gasteiger partial charge in [-0.3, -0.25) is 4.79 Å². The molecule has 4 nitrogen and oxygen atoms in total. The number of hydrogen-bond acceptors (Lipinski definition) is 4. The van der Waals surface area contributed by atoms with Gasteiger partial charge in [-0.05, 0) is 6.08 Å². The number of nitrogens with zero attached hydrogens (tertiary/aromatic N) is 1. The van der Waals surface area contributed by atoms with Gasteiger partial charge in [0.05, 0.1) is 10.7 Å². The lowest BCUT2D eigenvalue weighted by Gasteiger charge is -2.16. The molecule has 1 aliphatic carbocycles. The second-order valence-electron chi connectivity index (χ2n) is 2.55. The summed E-state index contributed by atoms with van der Waals surface area (Å²) in [6.45, 7) is 0. The standard InChI is InChI=1S/C8H8ClFN2O2/c1-14-12-8-6(9)4(3-13)2-5(11)7(8)10/h2-3,7H,11H2,1H3. The van der Waals surface area contributed by atoms with Gasteiger partial charge in [-0.15, -0.1) is 0 Å². The minimum Gasteiger partial charge on any atom is -0.399 e. The molecule has 1 aliphatic rings. The maximum absolute atomic E-state index is 13.4. The fourth-order valence-electron chi connectivity index (χ4n) is 1.00. The van der Waals surface area contributed by atoms with Crippen LogP contribution in [0.5, 0.6) is 0 Å². The largest absolute Gasteiger partial charge is 0.399 e. The van der Waals surface area contributed by atoms with Crippen molar-refractivity contribution in [1.82, 2.24) is 0 Å². The van der Waals surface area contributed by atoms with Crippen LogP contribution in [0.4, 0.5) is 4.39 Å². The van der Waals surface area contributed by atoms with E-state index in [1.807, 2.05) is 0 Å². The number of carbonyl (C=O) groups is 1. The Labute approximate surface area is 84.8 Å². The van der Waals surface area contributed by atoms with Gasteiger partial charge in [-0.25, -0.2) is 4.39 Å². The Hall–Kier alpha value is -1.36. The van der Waals surface area contributed by atoms with E-state index in [0.717, 1.165) is 0 Å². The predicted octanol–water partition coefficient (Wildman–Crippen LogP) is 0.875. The van der Waals surface area contributed by atoms with Crippen molar-refractivity contribution in [2.45, 2.75) is 6.17 Å². The minimum absolute atomic E-state index is 0.0800. The Kier molecular flexibility index (Phi) is 3.24. The zero-order chi connectivity index (χ0) is 10.7. The molecule has 0 aliphatic heterocycles. The van der Waals surface area contributed by atoms with Crippen LogP contribution in [0.3, 0.4) is 0 Å². The number of aldehydes is 1. The molecule has 0 aromatic heterocycles. The summed E-state index contributed by atoms with van der Waals surface area (Å²) in [6, 6.07) is 0. The second kappa shape index (κ2) is 4.23. The highest BCUT2D eigenvalue weighted by Crippen LogP contribution is 2.24. The summed E-state index contributed by atoms with van der Waals surface area (Å²) in [5, 5.41) is 3.29. The molecule has 1 unspecified atom stereocenters. The number of alkyl halides is 1. The first-order chi connectivity index (χ1) is 6.61. The van der Waals surface area contributed by atoms with E-state index in [1.165, 1.54) is 13.2 Å². The first-order valence-corrected chi connectivity index (χ1v) is 4.07. The summed E-state index contributed by atoms with van der Waals surface area (Å²) in [4.78, 5) is 14.9. The Balaban J connectivity index is 3.21. The van der Waals surface area contributed by atoms with Crippen LogP contribution in [-0.2, 0) is 9.63 Å². The van der Waals surface area contributed by atoms with Crippen molar-refractivity contribution in [2.75, 3.05) is 7.11 Å². The van der Waals surface area contributed by atoms with E-state index >= 15 is 0 Å². The van der Waals surface area contributed by atoms with E-state index in [0.29, 0.717) is 6.29 Å². The molecule has 0 radical (unpaired) electrons. The first kappa shape index (κ1) is 10.7. The molecule has 1 atom stereocenters. The first-order valence-electron chi connectivity index (χ1n) is 3.69. The van der Waals surface area contributed by atoms with Gasteiger partial charge in [0.15, 0.2) is 12.5 Å². The lowest BCUT2D eigenvalue weighted by molar-refractivity contribution is -0.104. The summed E-state index contributed by atoms with van der Waals surface area (Å²) < 4.78 is 13.4. The number of carbonyl (C=O) groups excluding carboxylic acids is 1. The van der Waals surface area contributed by atoms with Gasteiger partial charge in [0.25, 0.3) is 0 Å². The van der Waals surface area contributed by atoms with E-state index in [2.05, 4.69) is 9.99 Å². The van der Waals surface area contributed by atoms with Crippen LogP contribution in [-0.4, -0.2) is 25.3 Å². The maximum atomic E-state index is 13.4. The summed E-state index contributed by atoms with van der Waals surface area (Å²) in [6.07, 6.45) is 0.0205. The van der Waals surface area contributed by atoms with Crippen LogP contribution in [0.15, 0.2) is 27.5 Å². The van der Waals surface area contributed by atoms with Gasteiger partial charge in [0.2, 0.25) is 0 Å². The Morgan fingerprint density at radius 3 is 2.93 bits per heavy atom. The average molecular weight is 219 g/mol. The Morgan fingerprint density at radius 2 is 2.43 bits per heavy atom.